The van der Waals surface area contributed by atoms with Gasteiger partial charge in [-0.3, -0.25) is 4.79 Å². The van der Waals surface area contributed by atoms with Crippen molar-refractivity contribution in [2.75, 3.05) is 6.54 Å². The van der Waals surface area contributed by atoms with Crippen molar-refractivity contribution in [3.8, 4) is 0 Å². The lowest BCUT2D eigenvalue weighted by Gasteiger charge is -2.27. The van der Waals surface area contributed by atoms with Gasteiger partial charge in [0.05, 0.1) is 24.3 Å². The average molecular weight is 255 g/mol. The van der Waals surface area contributed by atoms with Crippen LogP contribution in [0.25, 0.3) is 0 Å². The van der Waals surface area contributed by atoms with Gasteiger partial charge in [0, 0.05) is 25.6 Å². The lowest BCUT2D eigenvalue weighted by atomic mass is 10.1. The van der Waals surface area contributed by atoms with Gasteiger partial charge in [0.2, 0.25) is 0 Å². The van der Waals surface area contributed by atoms with Gasteiger partial charge in [-0.05, 0) is 19.1 Å². The van der Waals surface area contributed by atoms with Crippen molar-refractivity contribution < 1.29 is 4.79 Å². The van der Waals surface area contributed by atoms with Crippen LogP contribution in [0.5, 0.6) is 0 Å². The van der Waals surface area contributed by atoms with Crippen LogP contribution in [0.4, 0.5) is 0 Å². The Bertz CT molecular complexity index is 613. The predicted molar refractivity (Wildman–Crippen MR) is 72.8 cm³/mol. The van der Waals surface area contributed by atoms with Gasteiger partial charge in [0.1, 0.15) is 0 Å². The number of carbonyl (C=O) groups excluding carboxylic acids is 1. The minimum absolute atomic E-state index is 0.104. The van der Waals surface area contributed by atoms with Crippen molar-refractivity contribution in [3.05, 3.63) is 53.1 Å². The fraction of sp³-hybridized carbons (Fsp3) is 0.333. The molecular weight excluding hydrogens is 238 g/mol. The number of imidazole rings is 1. The van der Waals surface area contributed by atoms with Gasteiger partial charge in [-0.15, -0.1) is 0 Å². The number of carbonyl (C=O) groups is 1. The molecule has 1 aliphatic heterocycles. The molecule has 4 nitrogen and oxygen atoms in total. The molecule has 0 spiro atoms. The first-order valence-electron chi connectivity index (χ1n) is 6.50. The maximum Gasteiger partial charge on any atom is 0.254 e. The quantitative estimate of drug-likeness (QED) is 0.781. The van der Waals surface area contributed by atoms with Crippen LogP contribution in [0, 0.1) is 6.92 Å². The fourth-order valence-electron chi connectivity index (χ4n) is 2.47. The highest BCUT2D eigenvalue weighted by molar-refractivity contribution is 5.94. The summed E-state index contributed by atoms with van der Waals surface area (Å²) in [5.74, 6) is 0.104. The molecule has 0 fully saturated rings. The molecule has 1 amide bonds. The summed E-state index contributed by atoms with van der Waals surface area (Å²) in [4.78, 5) is 18.7. The second-order valence-corrected chi connectivity index (χ2v) is 5.09. The van der Waals surface area contributed by atoms with Crippen LogP contribution in [0.15, 0.2) is 30.6 Å². The fourth-order valence-corrected chi connectivity index (χ4v) is 2.47. The summed E-state index contributed by atoms with van der Waals surface area (Å²) in [5.41, 5.74) is 4.20. The van der Waals surface area contributed by atoms with E-state index in [9.17, 15) is 4.79 Å². The molecular formula is C15H17N3O. The van der Waals surface area contributed by atoms with E-state index in [0.717, 1.165) is 29.9 Å². The predicted octanol–water partition coefficient (Wildman–Crippen LogP) is 1.93. The molecule has 0 saturated carbocycles. The van der Waals surface area contributed by atoms with Crippen LogP contribution in [0.3, 0.4) is 0 Å². The van der Waals surface area contributed by atoms with Crippen LogP contribution in [0.2, 0.25) is 0 Å². The van der Waals surface area contributed by atoms with Gasteiger partial charge >= 0.3 is 0 Å². The standard InChI is InChI=1S/C15H17N3O/c1-11-3-5-12(6-4-11)15(19)18-8-7-13-14(9-18)17(2)10-16-13/h3-6,10H,7-9H2,1-2H3. The molecule has 4 heteroatoms. The molecule has 2 heterocycles. The van der Waals surface area contributed by atoms with E-state index in [2.05, 4.69) is 4.98 Å². The number of aryl methyl sites for hydroxylation is 2. The Morgan fingerprint density at radius 2 is 2.00 bits per heavy atom. The number of nitrogens with zero attached hydrogens (tertiary/aromatic N) is 3. The number of hydrogen-bond acceptors (Lipinski definition) is 2. The molecule has 1 aromatic heterocycles. The summed E-state index contributed by atoms with van der Waals surface area (Å²) >= 11 is 0. The number of hydrogen-bond donors (Lipinski definition) is 0. The number of aromatic nitrogens is 2. The number of benzene rings is 1. The third-order valence-corrected chi connectivity index (χ3v) is 3.69. The summed E-state index contributed by atoms with van der Waals surface area (Å²) in [6, 6.07) is 7.76. The van der Waals surface area contributed by atoms with E-state index in [0.29, 0.717) is 6.54 Å². The summed E-state index contributed by atoms with van der Waals surface area (Å²) in [7, 11) is 1.98. The van der Waals surface area contributed by atoms with E-state index < -0.39 is 0 Å². The second-order valence-electron chi connectivity index (χ2n) is 5.09. The highest BCUT2D eigenvalue weighted by atomic mass is 16.2. The Balaban J connectivity index is 1.83. The van der Waals surface area contributed by atoms with E-state index >= 15 is 0 Å². The summed E-state index contributed by atoms with van der Waals surface area (Å²) in [6.07, 6.45) is 2.66. The zero-order chi connectivity index (χ0) is 13.4. The number of rotatable bonds is 1. The van der Waals surface area contributed by atoms with Crippen LogP contribution in [0.1, 0.15) is 27.3 Å². The molecule has 0 radical (unpaired) electrons. The highest BCUT2D eigenvalue weighted by Crippen LogP contribution is 2.19. The average Bonchev–Trinajstić information content (AvgIpc) is 2.80. The van der Waals surface area contributed by atoms with Gasteiger partial charge < -0.3 is 9.47 Å². The van der Waals surface area contributed by atoms with Gasteiger partial charge in [0.25, 0.3) is 5.91 Å². The van der Waals surface area contributed by atoms with Crippen LogP contribution >= 0.6 is 0 Å². The van der Waals surface area contributed by atoms with Crippen molar-refractivity contribution in [1.82, 2.24) is 14.5 Å². The van der Waals surface area contributed by atoms with E-state index in [1.807, 2.05) is 54.0 Å². The third-order valence-electron chi connectivity index (χ3n) is 3.69. The van der Waals surface area contributed by atoms with Crippen molar-refractivity contribution in [3.63, 3.8) is 0 Å². The number of fused-ring (bicyclic) bond motifs is 1. The first-order chi connectivity index (χ1) is 9.15. The lowest BCUT2D eigenvalue weighted by Crippen LogP contribution is -2.36. The molecule has 2 aromatic rings. The monoisotopic (exact) mass is 255 g/mol. The van der Waals surface area contributed by atoms with Gasteiger partial charge in [-0.2, -0.15) is 0 Å². The highest BCUT2D eigenvalue weighted by Gasteiger charge is 2.24. The smallest absolute Gasteiger partial charge is 0.254 e. The lowest BCUT2D eigenvalue weighted by molar-refractivity contribution is 0.0730. The maximum atomic E-state index is 12.5. The van der Waals surface area contributed by atoms with E-state index in [1.165, 1.54) is 5.56 Å². The van der Waals surface area contributed by atoms with Gasteiger partial charge in [0.15, 0.2) is 0 Å². The van der Waals surface area contributed by atoms with Crippen molar-refractivity contribution >= 4 is 5.91 Å². The molecule has 98 valence electrons. The summed E-state index contributed by atoms with van der Waals surface area (Å²) < 4.78 is 2.00. The minimum Gasteiger partial charge on any atom is -0.336 e. The van der Waals surface area contributed by atoms with Crippen LogP contribution < -0.4 is 0 Å². The third kappa shape index (κ3) is 2.14. The SMILES string of the molecule is Cc1ccc(C(=O)N2CCc3ncn(C)c3C2)cc1. The molecule has 0 N–H and O–H groups in total. The normalized spacial score (nSPS) is 14.3. The Morgan fingerprint density at radius 3 is 2.74 bits per heavy atom. The maximum absolute atomic E-state index is 12.5. The molecule has 1 aliphatic rings. The molecule has 19 heavy (non-hydrogen) atoms. The topological polar surface area (TPSA) is 38.1 Å². The molecule has 1 aromatic carbocycles. The molecule has 0 bridgehead atoms. The van der Waals surface area contributed by atoms with Crippen molar-refractivity contribution in [1.29, 1.82) is 0 Å². The van der Waals surface area contributed by atoms with E-state index in [4.69, 9.17) is 0 Å². The second kappa shape index (κ2) is 4.53. The first-order valence-corrected chi connectivity index (χ1v) is 6.50. The Morgan fingerprint density at radius 1 is 1.26 bits per heavy atom. The van der Waals surface area contributed by atoms with Gasteiger partial charge in [-0.1, -0.05) is 17.7 Å². The minimum atomic E-state index is 0.104. The largest absolute Gasteiger partial charge is 0.336 e. The summed E-state index contributed by atoms with van der Waals surface area (Å²) in [5, 5.41) is 0. The van der Waals surface area contributed by atoms with E-state index in [1.54, 1.807) is 0 Å². The number of amides is 1. The molecule has 0 saturated heterocycles. The Kier molecular flexibility index (Phi) is 2.85. The molecule has 3 rings (SSSR count). The van der Waals surface area contributed by atoms with E-state index in [-0.39, 0.29) is 5.91 Å². The Hall–Kier alpha value is -2.10. The van der Waals surface area contributed by atoms with Crippen molar-refractivity contribution in [2.45, 2.75) is 19.9 Å². The van der Waals surface area contributed by atoms with Gasteiger partial charge in [-0.25, -0.2) is 4.98 Å². The molecule has 0 atom stereocenters. The summed E-state index contributed by atoms with van der Waals surface area (Å²) in [6.45, 7) is 3.42. The van der Waals surface area contributed by atoms with Crippen LogP contribution in [-0.4, -0.2) is 26.9 Å². The Labute approximate surface area is 112 Å². The van der Waals surface area contributed by atoms with Crippen LogP contribution in [-0.2, 0) is 20.0 Å². The first kappa shape index (κ1) is 12.0. The molecule has 0 aliphatic carbocycles. The molecule has 0 unspecified atom stereocenters. The van der Waals surface area contributed by atoms with Crippen molar-refractivity contribution in [2.24, 2.45) is 7.05 Å². The zero-order valence-electron chi connectivity index (χ0n) is 11.3. The zero-order valence-corrected chi connectivity index (χ0v) is 11.3.